The van der Waals surface area contributed by atoms with Crippen molar-refractivity contribution in [1.29, 1.82) is 0 Å². The summed E-state index contributed by atoms with van der Waals surface area (Å²) in [7, 11) is 1.70. The van der Waals surface area contributed by atoms with E-state index in [4.69, 9.17) is 0 Å². The molecule has 1 aliphatic rings. The molecular weight excluding hydrogens is 494 g/mol. The predicted molar refractivity (Wildman–Crippen MR) is 139 cm³/mol. The van der Waals surface area contributed by atoms with Crippen LogP contribution in [-0.2, 0) is 37.6 Å². The monoisotopic (exact) mass is 531 g/mol. The average molecular weight is 532 g/mol. The highest BCUT2D eigenvalue weighted by Gasteiger charge is 2.30. The maximum Gasteiger partial charge on any atom is 0.253 e. The van der Waals surface area contributed by atoms with Gasteiger partial charge < -0.3 is 25.6 Å². The molecule has 0 saturated carbocycles. The molecule has 1 aromatic heterocycles. The van der Waals surface area contributed by atoms with Gasteiger partial charge in [0.1, 0.15) is 0 Å². The third kappa shape index (κ3) is 8.02. The summed E-state index contributed by atoms with van der Waals surface area (Å²) in [4.78, 5) is 73.0. The summed E-state index contributed by atoms with van der Waals surface area (Å²) < 4.78 is 1.64. The Kier molecular flexibility index (Phi) is 10.8. The van der Waals surface area contributed by atoms with Crippen LogP contribution in [-0.4, -0.2) is 63.7 Å². The van der Waals surface area contributed by atoms with E-state index >= 15 is 0 Å². The van der Waals surface area contributed by atoms with Crippen molar-refractivity contribution in [1.82, 2.24) is 25.4 Å². The summed E-state index contributed by atoms with van der Waals surface area (Å²) in [6.45, 7) is 5.92. The lowest BCUT2D eigenvalue weighted by atomic mass is 9.78. The number of aryl methyl sites for hydroxylation is 1. The fourth-order valence-corrected chi connectivity index (χ4v) is 4.11. The second-order valence-electron chi connectivity index (χ2n) is 9.45. The average Bonchev–Trinajstić information content (AvgIpc) is 3.20. The molecule has 1 aliphatic heterocycles. The molecule has 0 aliphatic carbocycles. The summed E-state index contributed by atoms with van der Waals surface area (Å²) in [5.41, 5.74) is -0.0322. The minimum atomic E-state index is -0.505. The van der Waals surface area contributed by atoms with Crippen LogP contribution in [0.25, 0.3) is 0 Å². The zero-order valence-corrected chi connectivity index (χ0v) is 22.4. The highest BCUT2D eigenvalue weighted by molar-refractivity contribution is 6.13. The Bertz CT molecular complexity index is 1150. The van der Waals surface area contributed by atoms with Gasteiger partial charge in [0.2, 0.25) is 23.2 Å². The molecule has 0 fully saturated rings. The molecule has 38 heavy (non-hydrogen) atoms. The number of rotatable bonds is 14. The standard InChI is InChI=1S/C26H37N5O7/c1-5-26(6-2,14-22(35)28-15-18-25(38)19(32)13-17(3)30(18)4)16-29-20(33)9-11-27-21(34)10-12-31-23(36)7-8-24(31)37/h7-8,13,38H,5-6,9-12,14-16H2,1-4H3,(H,27,34)(H,28,35)(H,29,33). The molecule has 2 heterocycles. The second kappa shape index (κ2) is 13.5. The van der Waals surface area contributed by atoms with Gasteiger partial charge in [0.15, 0.2) is 5.75 Å². The van der Waals surface area contributed by atoms with E-state index in [2.05, 4.69) is 16.0 Å². The van der Waals surface area contributed by atoms with E-state index in [0.29, 0.717) is 24.2 Å². The van der Waals surface area contributed by atoms with Crippen LogP contribution >= 0.6 is 0 Å². The fraction of sp³-hybridized carbons (Fsp3) is 0.538. The van der Waals surface area contributed by atoms with Crippen LogP contribution in [0.2, 0.25) is 0 Å². The smallest absolute Gasteiger partial charge is 0.253 e. The number of carbonyl (C=O) groups is 5. The van der Waals surface area contributed by atoms with E-state index in [1.54, 1.807) is 18.5 Å². The molecular formula is C26H37N5O7. The van der Waals surface area contributed by atoms with Crippen molar-refractivity contribution in [2.24, 2.45) is 12.5 Å². The molecule has 4 N–H and O–H groups in total. The van der Waals surface area contributed by atoms with Gasteiger partial charge in [0.25, 0.3) is 11.8 Å². The highest BCUT2D eigenvalue weighted by Crippen LogP contribution is 2.30. The molecule has 12 heteroatoms. The number of aromatic nitrogens is 1. The molecule has 0 atom stereocenters. The number of aromatic hydroxyl groups is 1. The van der Waals surface area contributed by atoms with Gasteiger partial charge in [-0.05, 0) is 25.2 Å². The summed E-state index contributed by atoms with van der Waals surface area (Å²) in [6.07, 6.45) is 3.68. The minimum Gasteiger partial charge on any atom is -0.503 e. The molecule has 5 amide bonds. The van der Waals surface area contributed by atoms with Crippen LogP contribution in [0.5, 0.6) is 5.75 Å². The third-order valence-electron chi connectivity index (χ3n) is 7.07. The van der Waals surface area contributed by atoms with Crippen LogP contribution < -0.4 is 21.4 Å². The number of amides is 5. The Morgan fingerprint density at radius 2 is 1.53 bits per heavy atom. The highest BCUT2D eigenvalue weighted by atomic mass is 16.3. The third-order valence-corrected chi connectivity index (χ3v) is 7.07. The second-order valence-corrected chi connectivity index (χ2v) is 9.45. The molecule has 0 unspecified atom stereocenters. The Morgan fingerprint density at radius 3 is 2.13 bits per heavy atom. The molecule has 0 radical (unpaired) electrons. The van der Waals surface area contributed by atoms with Gasteiger partial charge in [0, 0.05) is 69.9 Å². The first kappa shape index (κ1) is 30.3. The zero-order valence-electron chi connectivity index (χ0n) is 22.4. The molecule has 0 saturated heterocycles. The lowest BCUT2D eigenvalue weighted by Crippen LogP contribution is -2.41. The molecule has 0 spiro atoms. The number of imide groups is 1. The Hall–Kier alpha value is -3.96. The fourth-order valence-electron chi connectivity index (χ4n) is 4.11. The van der Waals surface area contributed by atoms with E-state index in [0.717, 1.165) is 17.1 Å². The molecule has 0 aromatic carbocycles. The van der Waals surface area contributed by atoms with E-state index in [1.807, 2.05) is 13.8 Å². The summed E-state index contributed by atoms with van der Waals surface area (Å²) in [5.74, 6) is -2.24. The van der Waals surface area contributed by atoms with Gasteiger partial charge in [0.05, 0.1) is 12.2 Å². The van der Waals surface area contributed by atoms with E-state index in [-0.39, 0.29) is 63.2 Å². The predicted octanol–water partition coefficient (Wildman–Crippen LogP) is 0.150. The zero-order chi connectivity index (χ0) is 28.5. The Balaban J connectivity index is 1.78. The molecule has 1 aromatic rings. The quantitative estimate of drug-likeness (QED) is 0.248. The Morgan fingerprint density at radius 1 is 0.921 bits per heavy atom. The van der Waals surface area contributed by atoms with Gasteiger partial charge >= 0.3 is 0 Å². The maximum absolute atomic E-state index is 12.7. The minimum absolute atomic E-state index is 0.00968. The summed E-state index contributed by atoms with van der Waals surface area (Å²) in [6, 6.07) is 1.32. The summed E-state index contributed by atoms with van der Waals surface area (Å²) in [5, 5.41) is 18.3. The van der Waals surface area contributed by atoms with Crippen molar-refractivity contribution in [2.45, 2.75) is 59.4 Å². The van der Waals surface area contributed by atoms with Crippen molar-refractivity contribution in [2.75, 3.05) is 19.6 Å². The van der Waals surface area contributed by atoms with Crippen molar-refractivity contribution in [3.05, 3.63) is 39.8 Å². The number of pyridine rings is 1. The van der Waals surface area contributed by atoms with E-state index < -0.39 is 28.4 Å². The van der Waals surface area contributed by atoms with Crippen LogP contribution in [0, 0.1) is 12.3 Å². The van der Waals surface area contributed by atoms with Gasteiger partial charge in [-0.1, -0.05) is 13.8 Å². The van der Waals surface area contributed by atoms with Crippen molar-refractivity contribution in [3.63, 3.8) is 0 Å². The number of hydrogen-bond acceptors (Lipinski definition) is 7. The van der Waals surface area contributed by atoms with Gasteiger partial charge in [-0.2, -0.15) is 0 Å². The molecule has 2 rings (SSSR count). The van der Waals surface area contributed by atoms with Crippen LogP contribution in [0.1, 0.15) is 57.3 Å². The van der Waals surface area contributed by atoms with Gasteiger partial charge in [-0.3, -0.25) is 33.7 Å². The molecule has 0 bridgehead atoms. The first-order valence-corrected chi connectivity index (χ1v) is 12.6. The van der Waals surface area contributed by atoms with E-state index in [9.17, 15) is 33.9 Å². The molecule has 208 valence electrons. The normalized spacial score (nSPS) is 13.1. The van der Waals surface area contributed by atoms with Crippen molar-refractivity contribution >= 4 is 29.5 Å². The lowest BCUT2D eigenvalue weighted by molar-refractivity contribution is -0.137. The topological polar surface area (TPSA) is 167 Å². The maximum atomic E-state index is 12.7. The van der Waals surface area contributed by atoms with Gasteiger partial charge in [-0.15, -0.1) is 0 Å². The first-order chi connectivity index (χ1) is 17.9. The largest absolute Gasteiger partial charge is 0.503 e. The van der Waals surface area contributed by atoms with Crippen LogP contribution in [0.3, 0.4) is 0 Å². The SMILES string of the molecule is CCC(CC)(CNC(=O)CCNC(=O)CCN1C(=O)C=CC1=O)CC(=O)NCc1c(O)c(=O)cc(C)n1C. The van der Waals surface area contributed by atoms with Crippen LogP contribution in [0.15, 0.2) is 23.0 Å². The van der Waals surface area contributed by atoms with Gasteiger partial charge in [-0.25, -0.2) is 0 Å². The van der Waals surface area contributed by atoms with Crippen molar-refractivity contribution in [3.8, 4) is 5.75 Å². The molecule has 12 nitrogen and oxygen atoms in total. The number of carbonyl (C=O) groups excluding carboxylic acids is 5. The van der Waals surface area contributed by atoms with Crippen LogP contribution in [0.4, 0.5) is 0 Å². The summed E-state index contributed by atoms with van der Waals surface area (Å²) >= 11 is 0. The van der Waals surface area contributed by atoms with Crippen molar-refractivity contribution < 1.29 is 29.1 Å². The Labute approximate surface area is 221 Å². The number of hydrogen-bond donors (Lipinski definition) is 4. The lowest BCUT2D eigenvalue weighted by Gasteiger charge is -2.31. The van der Waals surface area contributed by atoms with E-state index in [1.165, 1.54) is 6.07 Å². The number of nitrogens with zero attached hydrogens (tertiary/aromatic N) is 2. The number of nitrogens with one attached hydrogen (secondary N) is 3. The first-order valence-electron chi connectivity index (χ1n) is 12.6.